The van der Waals surface area contributed by atoms with Crippen molar-refractivity contribution < 1.29 is 13.3 Å². The van der Waals surface area contributed by atoms with Crippen LogP contribution in [0.5, 0.6) is 0 Å². The third-order valence-electron chi connectivity index (χ3n) is 4.22. The first kappa shape index (κ1) is 18.6. The third-order valence-corrected chi connectivity index (χ3v) is 6.37. The van der Waals surface area contributed by atoms with E-state index in [2.05, 4.69) is 26.0 Å². The van der Waals surface area contributed by atoms with Crippen molar-refractivity contribution >= 4 is 44.0 Å². The van der Waals surface area contributed by atoms with Gasteiger partial charge < -0.3 is 5.32 Å². The van der Waals surface area contributed by atoms with Crippen LogP contribution in [0.15, 0.2) is 27.6 Å². The molecular formula is C13H17BrClN3O4S. The Kier molecular flexibility index (Phi) is 5.68. The molecule has 7 nitrogen and oxygen atoms in total. The Morgan fingerprint density at radius 3 is 2.39 bits per heavy atom. The fourth-order valence-electron chi connectivity index (χ4n) is 3.24. The Morgan fingerprint density at radius 2 is 1.87 bits per heavy atom. The number of piperidine rings is 1. The maximum Gasteiger partial charge on any atom is 0.283 e. The van der Waals surface area contributed by atoms with E-state index in [4.69, 9.17) is 0 Å². The number of sulfonamides is 1. The number of fused-ring (bicyclic) bond motifs is 2. The van der Waals surface area contributed by atoms with Gasteiger partial charge in [-0.15, -0.1) is 12.4 Å². The van der Waals surface area contributed by atoms with E-state index >= 15 is 0 Å². The van der Waals surface area contributed by atoms with E-state index < -0.39 is 14.9 Å². The van der Waals surface area contributed by atoms with E-state index in [1.807, 2.05) is 0 Å². The van der Waals surface area contributed by atoms with Gasteiger partial charge >= 0.3 is 0 Å². The SMILES string of the molecule is Cl.O=[N+]([O-])c1ccc(S(=O)(=O)NC2CC3CCC(C2)N3)cc1Br. The van der Waals surface area contributed by atoms with Crippen molar-refractivity contribution in [3.05, 3.63) is 32.8 Å². The second kappa shape index (κ2) is 7.02. The lowest BCUT2D eigenvalue weighted by atomic mass is 10.0. The van der Waals surface area contributed by atoms with Gasteiger partial charge in [0.05, 0.1) is 14.3 Å². The molecule has 2 N–H and O–H groups in total. The fourth-order valence-corrected chi connectivity index (χ4v) is 5.21. The van der Waals surface area contributed by atoms with Gasteiger partial charge in [0.1, 0.15) is 0 Å². The molecule has 2 aliphatic heterocycles. The Hall–Kier alpha value is -0.740. The van der Waals surface area contributed by atoms with E-state index in [0.717, 1.165) is 25.7 Å². The summed E-state index contributed by atoms with van der Waals surface area (Å²) in [6.45, 7) is 0. The average molecular weight is 427 g/mol. The molecule has 0 amide bonds. The number of nitro groups is 1. The summed E-state index contributed by atoms with van der Waals surface area (Å²) in [4.78, 5) is 10.3. The van der Waals surface area contributed by atoms with Gasteiger partial charge in [0.25, 0.3) is 5.69 Å². The van der Waals surface area contributed by atoms with Gasteiger partial charge in [-0.05, 0) is 53.7 Å². The summed E-state index contributed by atoms with van der Waals surface area (Å²) < 4.78 is 27.8. The van der Waals surface area contributed by atoms with Gasteiger partial charge in [0.15, 0.2) is 0 Å². The normalized spacial score (nSPS) is 26.6. The molecule has 2 fully saturated rings. The summed E-state index contributed by atoms with van der Waals surface area (Å²) in [6.07, 6.45) is 3.74. The molecule has 2 aliphatic rings. The number of hydrogen-bond donors (Lipinski definition) is 2. The van der Waals surface area contributed by atoms with Crippen LogP contribution >= 0.6 is 28.3 Å². The van der Waals surface area contributed by atoms with Gasteiger partial charge in [0, 0.05) is 24.2 Å². The van der Waals surface area contributed by atoms with Crippen molar-refractivity contribution in [1.82, 2.24) is 10.0 Å². The van der Waals surface area contributed by atoms with Gasteiger partial charge in [-0.25, -0.2) is 13.1 Å². The second-order valence-corrected chi connectivity index (χ2v) is 8.37. The zero-order valence-electron chi connectivity index (χ0n) is 12.1. The highest BCUT2D eigenvalue weighted by Crippen LogP contribution is 2.30. The van der Waals surface area contributed by atoms with Crippen molar-refractivity contribution in [2.75, 3.05) is 0 Å². The third kappa shape index (κ3) is 4.03. The zero-order valence-corrected chi connectivity index (χ0v) is 15.3. The molecule has 0 saturated carbocycles. The molecule has 2 bridgehead atoms. The molecule has 0 spiro atoms. The summed E-state index contributed by atoms with van der Waals surface area (Å²) in [5.41, 5.74) is -0.154. The summed E-state index contributed by atoms with van der Waals surface area (Å²) in [6, 6.07) is 4.42. The smallest absolute Gasteiger partial charge is 0.283 e. The lowest BCUT2D eigenvalue weighted by Crippen LogP contribution is -2.47. The molecule has 1 aromatic carbocycles. The molecule has 0 aromatic heterocycles. The van der Waals surface area contributed by atoms with Crippen LogP contribution in [0.25, 0.3) is 0 Å². The number of nitrogens with zero attached hydrogens (tertiary/aromatic N) is 1. The largest absolute Gasteiger partial charge is 0.311 e. The Labute approximate surface area is 149 Å². The molecule has 2 atom stereocenters. The topological polar surface area (TPSA) is 101 Å². The predicted octanol–water partition coefficient (Wildman–Crippen LogP) is 2.34. The van der Waals surface area contributed by atoms with Crippen molar-refractivity contribution in [3.8, 4) is 0 Å². The zero-order chi connectivity index (χ0) is 15.9. The average Bonchev–Trinajstić information content (AvgIpc) is 2.77. The molecule has 0 aliphatic carbocycles. The van der Waals surface area contributed by atoms with Gasteiger partial charge in [0.2, 0.25) is 10.0 Å². The molecular weight excluding hydrogens is 410 g/mol. The molecule has 10 heteroatoms. The summed E-state index contributed by atoms with van der Waals surface area (Å²) in [7, 11) is -3.67. The Morgan fingerprint density at radius 1 is 1.26 bits per heavy atom. The maximum absolute atomic E-state index is 12.4. The minimum absolute atomic E-state index is 0. The molecule has 23 heavy (non-hydrogen) atoms. The van der Waals surface area contributed by atoms with Gasteiger partial charge in [-0.3, -0.25) is 10.1 Å². The maximum atomic E-state index is 12.4. The molecule has 0 radical (unpaired) electrons. The van der Waals surface area contributed by atoms with E-state index in [0.29, 0.717) is 12.1 Å². The first-order valence-corrected chi connectivity index (χ1v) is 9.35. The van der Waals surface area contributed by atoms with Crippen molar-refractivity contribution in [1.29, 1.82) is 0 Å². The number of nitrogens with one attached hydrogen (secondary N) is 2. The van der Waals surface area contributed by atoms with E-state index in [-0.39, 0.29) is 33.5 Å². The molecule has 3 rings (SSSR count). The molecule has 2 saturated heterocycles. The number of halogens is 2. The molecule has 1 aromatic rings. The van der Waals surface area contributed by atoms with Crippen LogP contribution in [0.2, 0.25) is 0 Å². The lowest BCUT2D eigenvalue weighted by molar-refractivity contribution is -0.385. The van der Waals surface area contributed by atoms with Crippen molar-refractivity contribution in [2.45, 2.75) is 48.7 Å². The summed E-state index contributed by atoms with van der Waals surface area (Å²) >= 11 is 3.05. The minimum Gasteiger partial charge on any atom is -0.311 e. The van der Waals surface area contributed by atoms with E-state index in [1.165, 1.54) is 18.2 Å². The quantitative estimate of drug-likeness (QED) is 0.568. The Bertz CT molecular complexity index is 703. The number of benzene rings is 1. The van der Waals surface area contributed by atoms with Gasteiger partial charge in [-0.1, -0.05) is 0 Å². The first-order valence-electron chi connectivity index (χ1n) is 7.07. The number of nitro benzene ring substituents is 1. The Balaban J connectivity index is 0.00000192. The van der Waals surface area contributed by atoms with E-state index in [9.17, 15) is 18.5 Å². The second-order valence-electron chi connectivity index (χ2n) is 5.80. The van der Waals surface area contributed by atoms with Crippen molar-refractivity contribution in [3.63, 3.8) is 0 Å². The van der Waals surface area contributed by atoms with E-state index in [1.54, 1.807) is 0 Å². The highest BCUT2D eigenvalue weighted by atomic mass is 79.9. The van der Waals surface area contributed by atoms with Crippen LogP contribution in [-0.2, 0) is 10.0 Å². The van der Waals surface area contributed by atoms with Crippen LogP contribution in [0.4, 0.5) is 5.69 Å². The van der Waals surface area contributed by atoms with Crippen LogP contribution < -0.4 is 10.0 Å². The number of rotatable bonds is 4. The molecule has 2 heterocycles. The van der Waals surface area contributed by atoms with Gasteiger partial charge in [-0.2, -0.15) is 0 Å². The summed E-state index contributed by atoms with van der Waals surface area (Å²) in [5.74, 6) is 0. The van der Waals surface area contributed by atoms with Crippen LogP contribution in [0, 0.1) is 10.1 Å². The number of hydrogen-bond acceptors (Lipinski definition) is 5. The predicted molar refractivity (Wildman–Crippen MR) is 91.3 cm³/mol. The summed E-state index contributed by atoms with van der Waals surface area (Å²) in [5, 5.41) is 14.2. The lowest BCUT2D eigenvalue weighted by Gasteiger charge is -2.29. The monoisotopic (exact) mass is 425 g/mol. The van der Waals surface area contributed by atoms with Crippen molar-refractivity contribution in [2.24, 2.45) is 0 Å². The fraction of sp³-hybridized carbons (Fsp3) is 0.538. The molecule has 128 valence electrons. The standard InChI is InChI=1S/C13H16BrN3O4S.ClH/c14-12-7-11(3-4-13(12)17(18)19)22(20,21)16-10-5-8-1-2-9(6-10)15-8;/h3-4,7-10,15-16H,1-2,5-6H2;1H. The van der Waals surface area contributed by atoms with Crippen LogP contribution in [-0.4, -0.2) is 31.5 Å². The highest BCUT2D eigenvalue weighted by Gasteiger charge is 2.35. The highest BCUT2D eigenvalue weighted by molar-refractivity contribution is 9.10. The molecule has 2 unspecified atom stereocenters. The van der Waals surface area contributed by atoms with Crippen LogP contribution in [0.1, 0.15) is 25.7 Å². The first-order chi connectivity index (χ1) is 10.3. The minimum atomic E-state index is -3.67. The van der Waals surface area contributed by atoms with Crippen LogP contribution in [0.3, 0.4) is 0 Å².